The number of carboxylic acids is 1. The molecule has 0 atom stereocenters. The normalized spacial score (nSPS) is 18.8. The van der Waals surface area contributed by atoms with Gasteiger partial charge < -0.3 is 10.1 Å². The monoisotopic (exact) mass is 222 g/mol. The van der Waals surface area contributed by atoms with Crippen LogP contribution in [-0.2, 0) is 6.54 Å². The Hall–Kier alpha value is -1.29. The third-order valence-corrected chi connectivity index (χ3v) is 3.26. The van der Waals surface area contributed by atoms with Crippen molar-refractivity contribution in [2.24, 2.45) is 5.92 Å². The molecule has 0 aliphatic carbocycles. The fourth-order valence-electron chi connectivity index (χ4n) is 2.13. The predicted octanol–water partition coefficient (Wildman–Crippen LogP) is 1.94. The summed E-state index contributed by atoms with van der Waals surface area (Å²) in [4.78, 5) is 15.9. The first-order valence-corrected chi connectivity index (χ1v) is 5.78. The Balaban J connectivity index is 1.91. The van der Waals surface area contributed by atoms with Crippen LogP contribution in [0.4, 0.5) is 0 Å². The zero-order chi connectivity index (χ0) is 11.5. The highest BCUT2D eigenvalue weighted by atomic mass is 16.4. The molecule has 0 saturated carbocycles. The van der Waals surface area contributed by atoms with Gasteiger partial charge in [0.15, 0.2) is 0 Å². The smallest absolute Gasteiger partial charge is 0.352 e. The Morgan fingerprint density at radius 3 is 2.81 bits per heavy atom. The molecule has 16 heavy (non-hydrogen) atoms. The van der Waals surface area contributed by atoms with Crippen LogP contribution in [0.2, 0.25) is 0 Å². The number of rotatable bonds is 3. The van der Waals surface area contributed by atoms with E-state index in [-0.39, 0.29) is 5.69 Å². The van der Waals surface area contributed by atoms with Crippen LogP contribution in [-0.4, -0.2) is 34.0 Å². The maximum absolute atomic E-state index is 10.7. The van der Waals surface area contributed by atoms with Gasteiger partial charge in [0.1, 0.15) is 5.69 Å². The summed E-state index contributed by atoms with van der Waals surface area (Å²) >= 11 is 0. The fraction of sp³-hybridized carbons (Fsp3) is 0.583. The summed E-state index contributed by atoms with van der Waals surface area (Å²) in [6, 6.07) is 1.72. The van der Waals surface area contributed by atoms with Crippen LogP contribution in [0.5, 0.6) is 0 Å². The van der Waals surface area contributed by atoms with Gasteiger partial charge in [0, 0.05) is 12.7 Å². The number of aromatic carboxylic acids is 1. The van der Waals surface area contributed by atoms with E-state index in [1.54, 1.807) is 12.3 Å². The highest BCUT2D eigenvalue weighted by Crippen LogP contribution is 2.18. The first-order chi connectivity index (χ1) is 7.65. The van der Waals surface area contributed by atoms with Gasteiger partial charge in [-0.05, 0) is 43.5 Å². The second-order valence-corrected chi connectivity index (χ2v) is 4.69. The molecule has 0 aromatic carbocycles. The Morgan fingerprint density at radius 2 is 2.25 bits per heavy atom. The molecule has 2 rings (SSSR count). The molecule has 0 spiro atoms. The van der Waals surface area contributed by atoms with Gasteiger partial charge in [-0.15, -0.1) is 0 Å². The number of nitrogens with zero attached hydrogens (tertiary/aromatic N) is 1. The van der Waals surface area contributed by atoms with E-state index in [1.165, 1.54) is 12.8 Å². The third-order valence-electron chi connectivity index (χ3n) is 3.26. The molecule has 2 heterocycles. The molecule has 0 unspecified atom stereocenters. The zero-order valence-electron chi connectivity index (χ0n) is 9.57. The molecule has 1 aliphatic rings. The van der Waals surface area contributed by atoms with Gasteiger partial charge in [-0.2, -0.15) is 0 Å². The maximum Gasteiger partial charge on any atom is 0.352 e. The van der Waals surface area contributed by atoms with Crippen molar-refractivity contribution in [2.45, 2.75) is 26.3 Å². The molecule has 1 saturated heterocycles. The van der Waals surface area contributed by atoms with E-state index in [4.69, 9.17) is 5.11 Å². The Kier molecular flexibility index (Phi) is 3.29. The molecular weight excluding hydrogens is 204 g/mol. The third kappa shape index (κ3) is 2.64. The van der Waals surface area contributed by atoms with Crippen molar-refractivity contribution >= 4 is 5.97 Å². The van der Waals surface area contributed by atoms with E-state index in [2.05, 4.69) is 16.8 Å². The molecule has 4 heteroatoms. The number of H-pyrrole nitrogens is 1. The number of hydrogen-bond acceptors (Lipinski definition) is 2. The quantitative estimate of drug-likeness (QED) is 0.821. The lowest BCUT2D eigenvalue weighted by Gasteiger charge is -2.29. The van der Waals surface area contributed by atoms with Crippen LogP contribution < -0.4 is 0 Å². The van der Waals surface area contributed by atoms with E-state index < -0.39 is 5.97 Å². The zero-order valence-corrected chi connectivity index (χ0v) is 9.57. The van der Waals surface area contributed by atoms with Gasteiger partial charge in [0.25, 0.3) is 0 Å². The van der Waals surface area contributed by atoms with Crippen LogP contribution in [0.25, 0.3) is 0 Å². The summed E-state index contributed by atoms with van der Waals surface area (Å²) in [7, 11) is 0. The first kappa shape index (κ1) is 11.2. The molecule has 1 aromatic rings. The lowest BCUT2D eigenvalue weighted by Crippen LogP contribution is -2.32. The number of nitrogens with one attached hydrogen (secondary N) is 1. The SMILES string of the molecule is CC1CCN(Cc2c[nH]c(C(=O)O)c2)CC1. The molecule has 88 valence electrons. The second-order valence-electron chi connectivity index (χ2n) is 4.69. The van der Waals surface area contributed by atoms with Gasteiger partial charge in [0.05, 0.1) is 0 Å². The topological polar surface area (TPSA) is 56.3 Å². The average Bonchev–Trinajstić information content (AvgIpc) is 2.70. The first-order valence-electron chi connectivity index (χ1n) is 5.78. The van der Waals surface area contributed by atoms with Crippen molar-refractivity contribution in [1.82, 2.24) is 9.88 Å². The maximum atomic E-state index is 10.7. The lowest BCUT2D eigenvalue weighted by atomic mass is 9.99. The predicted molar refractivity (Wildman–Crippen MR) is 61.4 cm³/mol. The molecule has 0 bridgehead atoms. The van der Waals surface area contributed by atoms with Crippen molar-refractivity contribution in [2.75, 3.05) is 13.1 Å². The fourth-order valence-corrected chi connectivity index (χ4v) is 2.13. The van der Waals surface area contributed by atoms with E-state index in [0.29, 0.717) is 0 Å². The van der Waals surface area contributed by atoms with Gasteiger partial charge in [0.2, 0.25) is 0 Å². The summed E-state index contributed by atoms with van der Waals surface area (Å²) in [5.74, 6) is -0.0597. The average molecular weight is 222 g/mol. The number of aromatic amines is 1. The number of aromatic nitrogens is 1. The minimum Gasteiger partial charge on any atom is -0.477 e. The number of carbonyl (C=O) groups is 1. The Bertz CT molecular complexity index is 365. The molecular formula is C12H18N2O2. The van der Waals surface area contributed by atoms with E-state index in [0.717, 1.165) is 31.1 Å². The van der Waals surface area contributed by atoms with E-state index >= 15 is 0 Å². The summed E-state index contributed by atoms with van der Waals surface area (Å²) in [6.07, 6.45) is 4.29. The number of carboxylic acid groups (broad SMARTS) is 1. The van der Waals surface area contributed by atoms with Crippen molar-refractivity contribution < 1.29 is 9.90 Å². The van der Waals surface area contributed by atoms with Crippen molar-refractivity contribution in [1.29, 1.82) is 0 Å². The molecule has 0 radical (unpaired) electrons. The van der Waals surface area contributed by atoms with Gasteiger partial charge in [-0.3, -0.25) is 4.90 Å². The molecule has 1 aliphatic heterocycles. The molecule has 0 amide bonds. The minimum absolute atomic E-state index is 0.278. The van der Waals surface area contributed by atoms with Crippen LogP contribution in [0, 0.1) is 5.92 Å². The van der Waals surface area contributed by atoms with Crippen molar-refractivity contribution in [3.8, 4) is 0 Å². The Labute approximate surface area is 95.3 Å². The van der Waals surface area contributed by atoms with Crippen LogP contribution in [0.15, 0.2) is 12.3 Å². The van der Waals surface area contributed by atoms with Crippen LogP contribution >= 0.6 is 0 Å². The van der Waals surface area contributed by atoms with Crippen LogP contribution in [0.3, 0.4) is 0 Å². The molecule has 2 N–H and O–H groups in total. The van der Waals surface area contributed by atoms with E-state index in [9.17, 15) is 4.79 Å². The second kappa shape index (κ2) is 4.70. The van der Waals surface area contributed by atoms with Gasteiger partial charge in [-0.1, -0.05) is 6.92 Å². The number of piperidine rings is 1. The summed E-state index contributed by atoms with van der Waals surface area (Å²) in [5, 5.41) is 8.79. The molecule has 1 fully saturated rings. The Morgan fingerprint density at radius 1 is 1.56 bits per heavy atom. The summed E-state index contributed by atoms with van der Waals surface area (Å²) < 4.78 is 0. The highest BCUT2D eigenvalue weighted by molar-refractivity contribution is 5.85. The van der Waals surface area contributed by atoms with E-state index in [1.807, 2.05) is 0 Å². The molecule has 1 aromatic heterocycles. The number of hydrogen-bond donors (Lipinski definition) is 2. The lowest BCUT2D eigenvalue weighted by molar-refractivity contribution is 0.0691. The van der Waals surface area contributed by atoms with Gasteiger partial charge >= 0.3 is 5.97 Å². The van der Waals surface area contributed by atoms with Crippen molar-refractivity contribution in [3.63, 3.8) is 0 Å². The summed E-state index contributed by atoms with van der Waals surface area (Å²) in [5.41, 5.74) is 1.34. The minimum atomic E-state index is -0.890. The standard InChI is InChI=1S/C12H18N2O2/c1-9-2-4-14(5-3-9)8-10-6-11(12(15)16)13-7-10/h6-7,9,13H,2-5,8H2,1H3,(H,15,16). The molecule has 4 nitrogen and oxygen atoms in total. The number of likely N-dealkylation sites (tertiary alicyclic amines) is 1. The van der Waals surface area contributed by atoms with Gasteiger partial charge in [-0.25, -0.2) is 4.79 Å². The van der Waals surface area contributed by atoms with Crippen LogP contribution in [0.1, 0.15) is 35.8 Å². The largest absolute Gasteiger partial charge is 0.477 e. The summed E-state index contributed by atoms with van der Waals surface area (Å²) in [6.45, 7) is 5.39. The highest BCUT2D eigenvalue weighted by Gasteiger charge is 2.16. The van der Waals surface area contributed by atoms with Crippen molar-refractivity contribution in [3.05, 3.63) is 23.5 Å².